The lowest BCUT2D eigenvalue weighted by Gasteiger charge is -2.25. The van der Waals surface area contributed by atoms with Gasteiger partial charge >= 0.3 is 0 Å². The van der Waals surface area contributed by atoms with Crippen LogP contribution in [-0.2, 0) is 9.59 Å². The second-order valence-corrected chi connectivity index (χ2v) is 6.90. The van der Waals surface area contributed by atoms with Crippen molar-refractivity contribution in [2.75, 3.05) is 12.0 Å². The van der Waals surface area contributed by atoms with Crippen LogP contribution in [0.25, 0.3) is 5.76 Å². The van der Waals surface area contributed by atoms with E-state index < -0.39 is 35.1 Å². The normalized spacial score (nSPS) is 17.8. The molecule has 1 fully saturated rings. The van der Waals surface area contributed by atoms with Crippen molar-refractivity contribution in [2.45, 2.75) is 6.04 Å². The number of aliphatic hydroxyl groups is 1. The number of anilines is 1. The average Bonchev–Trinajstić information content (AvgIpc) is 3.04. The van der Waals surface area contributed by atoms with Crippen LogP contribution < -0.4 is 9.64 Å². The van der Waals surface area contributed by atoms with E-state index in [9.17, 15) is 23.5 Å². The van der Waals surface area contributed by atoms with Gasteiger partial charge in [0.15, 0.2) is 0 Å². The molecular weight excluding hydrogens is 404 g/mol. The lowest BCUT2D eigenvalue weighted by molar-refractivity contribution is -0.132. The maximum atomic E-state index is 14.8. The summed E-state index contributed by atoms with van der Waals surface area (Å²) in [5.74, 6) is -3.14. The van der Waals surface area contributed by atoms with Gasteiger partial charge < -0.3 is 9.84 Å². The summed E-state index contributed by atoms with van der Waals surface area (Å²) in [4.78, 5) is 27.0. The Kier molecular flexibility index (Phi) is 5.25. The number of carbonyl (C=O) groups is 2. The molecule has 1 atom stereocenters. The Labute approximate surface area is 176 Å². The smallest absolute Gasteiger partial charge is 0.300 e. The fourth-order valence-corrected chi connectivity index (χ4v) is 3.62. The van der Waals surface area contributed by atoms with Crippen LogP contribution in [-0.4, -0.2) is 23.9 Å². The van der Waals surface area contributed by atoms with Crippen LogP contribution in [0.2, 0.25) is 0 Å². The van der Waals surface area contributed by atoms with Gasteiger partial charge in [0.1, 0.15) is 23.1 Å². The minimum atomic E-state index is -1.24. The molecule has 4 rings (SSSR count). The average molecular weight is 421 g/mol. The lowest BCUT2D eigenvalue weighted by atomic mass is 9.94. The van der Waals surface area contributed by atoms with Gasteiger partial charge in [-0.05, 0) is 42.5 Å². The molecule has 7 heteroatoms. The summed E-state index contributed by atoms with van der Waals surface area (Å²) in [5, 5.41) is 11.0. The van der Waals surface area contributed by atoms with Gasteiger partial charge in [0.05, 0.1) is 18.7 Å². The molecule has 0 bridgehead atoms. The zero-order chi connectivity index (χ0) is 22.1. The molecular formula is C24H17F2NO4. The van der Waals surface area contributed by atoms with Gasteiger partial charge in [-0.15, -0.1) is 0 Å². The molecule has 31 heavy (non-hydrogen) atoms. The van der Waals surface area contributed by atoms with E-state index in [-0.39, 0.29) is 22.4 Å². The number of halogens is 2. The lowest BCUT2D eigenvalue weighted by Crippen LogP contribution is -2.29. The van der Waals surface area contributed by atoms with Crippen LogP contribution >= 0.6 is 0 Å². The van der Waals surface area contributed by atoms with Crippen molar-refractivity contribution in [3.8, 4) is 5.75 Å². The zero-order valence-electron chi connectivity index (χ0n) is 16.4. The fraction of sp³-hybridized carbons (Fsp3) is 0.0833. The number of carbonyl (C=O) groups excluding carboxylic acids is 2. The zero-order valence-corrected chi connectivity index (χ0v) is 16.4. The van der Waals surface area contributed by atoms with Gasteiger partial charge in [0, 0.05) is 16.8 Å². The molecule has 5 nitrogen and oxygen atoms in total. The number of nitrogens with zero attached hydrogens (tertiary/aromatic N) is 1. The highest BCUT2D eigenvalue weighted by molar-refractivity contribution is 6.51. The molecule has 1 heterocycles. The van der Waals surface area contributed by atoms with E-state index in [0.717, 1.165) is 17.0 Å². The molecule has 1 aliphatic heterocycles. The summed E-state index contributed by atoms with van der Waals surface area (Å²) in [5.41, 5.74) is 0.183. The number of Topliss-reactive ketones (excluding diaryl/α,β-unsaturated/α-hetero) is 1. The number of hydrogen-bond donors (Lipinski definition) is 1. The standard InChI is InChI=1S/C24H17F2NO4/c1-31-17-6-4-5-14(13-17)22(28)20-21(18-7-2-3-8-19(18)26)27(24(30)23(20)29)16-11-9-15(25)10-12-16/h2-13,21,28H,1H3/b22-20-. The number of ketones is 1. The predicted octanol–water partition coefficient (Wildman–Crippen LogP) is 4.60. The van der Waals surface area contributed by atoms with Crippen molar-refractivity contribution < 1.29 is 28.2 Å². The number of methoxy groups -OCH3 is 1. The van der Waals surface area contributed by atoms with Gasteiger partial charge in [-0.3, -0.25) is 14.5 Å². The Morgan fingerprint density at radius 2 is 1.68 bits per heavy atom. The van der Waals surface area contributed by atoms with E-state index in [1.807, 2.05) is 0 Å². The number of rotatable bonds is 4. The first-order chi connectivity index (χ1) is 14.9. The Hall–Kier alpha value is -4.00. The highest BCUT2D eigenvalue weighted by Gasteiger charge is 2.47. The van der Waals surface area contributed by atoms with Crippen molar-refractivity contribution in [3.63, 3.8) is 0 Å². The van der Waals surface area contributed by atoms with E-state index in [1.54, 1.807) is 24.3 Å². The third-order valence-electron chi connectivity index (χ3n) is 5.09. The van der Waals surface area contributed by atoms with Crippen LogP contribution in [0.5, 0.6) is 5.75 Å². The molecule has 1 saturated heterocycles. The molecule has 3 aromatic rings. The molecule has 1 aliphatic rings. The minimum Gasteiger partial charge on any atom is -0.507 e. The molecule has 0 radical (unpaired) electrons. The van der Waals surface area contributed by atoms with Crippen molar-refractivity contribution in [3.05, 3.63) is 101 Å². The van der Waals surface area contributed by atoms with Gasteiger partial charge in [-0.2, -0.15) is 0 Å². The largest absolute Gasteiger partial charge is 0.507 e. The Balaban J connectivity index is 1.96. The van der Waals surface area contributed by atoms with Gasteiger partial charge in [-0.1, -0.05) is 30.3 Å². The summed E-state index contributed by atoms with van der Waals surface area (Å²) in [6.07, 6.45) is 0. The summed E-state index contributed by atoms with van der Waals surface area (Å²) >= 11 is 0. The number of ether oxygens (including phenoxy) is 1. The first-order valence-electron chi connectivity index (χ1n) is 9.38. The molecule has 1 amide bonds. The summed E-state index contributed by atoms with van der Waals surface area (Å²) < 4.78 is 33.4. The third-order valence-corrected chi connectivity index (χ3v) is 5.09. The van der Waals surface area contributed by atoms with Crippen LogP contribution in [0, 0.1) is 11.6 Å². The van der Waals surface area contributed by atoms with E-state index in [2.05, 4.69) is 0 Å². The maximum Gasteiger partial charge on any atom is 0.300 e. The Morgan fingerprint density at radius 1 is 0.968 bits per heavy atom. The number of amides is 1. The molecule has 0 saturated carbocycles. The van der Waals surface area contributed by atoms with Crippen molar-refractivity contribution in [1.29, 1.82) is 0 Å². The quantitative estimate of drug-likeness (QED) is 0.380. The molecule has 156 valence electrons. The monoisotopic (exact) mass is 421 g/mol. The van der Waals surface area contributed by atoms with Gasteiger partial charge in [0.2, 0.25) is 0 Å². The van der Waals surface area contributed by atoms with Crippen LogP contribution in [0.4, 0.5) is 14.5 Å². The number of hydrogen-bond acceptors (Lipinski definition) is 4. The third kappa shape index (κ3) is 3.54. The molecule has 1 unspecified atom stereocenters. The van der Waals surface area contributed by atoms with Crippen molar-refractivity contribution >= 4 is 23.1 Å². The van der Waals surface area contributed by atoms with Gasteiger partial charge in [-0.25, -0.2) is 8.78 Å². The second kappa shape index (κ2) is 8.02. The minimum absolute atomic E-state index is 0.0236. The highest BCUT2D eigenvalue weighted by atomic mass is 19.1. The van der Waals surface area contributed by atoms with Crippen LogP contribution in [0.15, 0.2) is 78.4 Å². The fourth-order valence-electron chi connectivity index (χ4n) is 3.62. The molecule has 0 aliphatic carbocycles. The van der Waals surface area contributed by atoms with E-state index in [0.29, 0.717) is 5.75 Å². The summed E-state index contributed by atoms with van der Waals surface area (Å²) in [6.45, 7) is 0. The number of aliphatic hydroxyl groups excluding tert-OH is 1. The summed E-state index contributed by atoms with van der Waals surface area (Å²) in [6, 6.07) is 15.7. The van der Waals surface area contributed by atoms with Crippen LogP contribution in [0.3, 0.4) is 0 Å². The molecule has 3 aromatic carbocycles. The highest BCUT2D eigenvalue weighted by Crippen LogP contribution is 2.43. The van der Waals surface area contributed by atoms with E-state index in [4.69, 9.17) is 4.74 Å². The van der Waals surface area contributed by atoms with Crippen molar-refractivity contribution in [2.24, 2.45) is 0 Å². The Bertz CT molecular complexity index is 1200. The molecule has 0 spiro atoms. The number of benzene rings is 3. The first-order valence-corrected chi connectivity index (χ1v) is 9.38. The topological polar surface area (TPSA) is 66.8 Å². The maximum absolute atomic E-state index is 14.8. The second-order valence-electron chi connectivity index (χ2n) is 6.90. The predicted molar refractivity (Wildman–Crippen MR) is 111 cm³/mol. The van der Waals surface area contributed by atoms with E-state index in [1.165, 1.54) is 43.5 Å². The summed E-state index contributed by atoms with van der Waals surface area (Å²) in [7, 11) is 1.45. The van der Waals surface area contributed by atoms with E-state index >= 15 is 0 Å². The Morgan fingerprint density at radius 3 is 2.35 bits per heavy atom. The SMILES string of the molecule is COc1cccc(/C(O)=C2/C(=O)C(=O)N(c3ccc(F)cc3)C2c2ccccc2F)c1. The first kappa shape index (κ1) is 20.3. The molecule has 1 N–H and O–H groups in total. The van der Waals surface area contributed by atoms with Crippen molar-refractivity contribution in [1.82, 2.24) is 0 Å². The molecule has 0 aromatic heterocycles. The van der Waals surface area contributed by atoms with Gasteiger partial charge in [0.25, 0.3) is 11.7 Å². The van der Waals surface area contributed by atoms with Crippen LogP contribution in [0.1, 0.15) is 17.2 Å².